The molecule has 3 N–H and O–H groups in total. The number of rotatable bonds is 8. The van der Waals surface area contributed by atoms with Gasteiger partial charge in [0.05, 0.1) is 19.2 Å². The minimum absolute atomic E-state index is 0.0893. The summed E-state index contributed by atoms with van der Waals surface area (Å²) in [6.45, 7) is 3.12. The highest BCUT2D eigenvalue weighted by Crippen LogP contribution is 2.19. The smallest absolute Gasteiger partial charge is 0.273 e. The van der Waals surface area contributed by atoms with Crippen LogP contribution in [0.15, 0.2) is 53.6 Å². The number of carbonyl (C=O) groups excluding carboxylic acids is 2. The first-order valence-corrected chi connectivity index (χ1v) is 7.45. The van der Waals surface area contributed by atoms with E-state index in [0.29, 0.717) is 12.2 Å². The lowest BCUT2D eigenvalue weighted by Gasteiger charge is -2.14. The molecule has 0 saturated heterocycles. The number of nitrogens with one attached hydrogen (secondary N) is 2. The van der Waals surface area contributed by atoms with Crippen molar-refractivity contribution < 1.29 is 19.2 Å². The number of aliphatic hydroxyl groups is 1. The van der Waals surface area contributed by atoms with E-state index in [-0.39, 0.29) is 18.8 Å². The molecule has 7 nitrogen and oxygen atoms in total. The van der Waals surface area contributed by atoms with E-state index < -0.39 is 17.9 Å². The molecule has 0 saturated carbocycles. The van der Waals surface area contributed by atoms with Crippen molar-refractivity contribution in [2.75, 3.05) is 13.2 Å². The molecular formula is C17H19N3O4. The predicted octanol–water partition coefficient (Wildman–Crippen LogP) is 1.12. The predicted molar refractivity (Wildman–Crippen MR) is 88.1 cm³/mol. The van der Waals surface area contributed by atoms with E-state index in [4.69, 9.17) is 9.63 Å². The number of aromatic nitrogens is 1. The third kappa shape index (κ3) is 4.79. The van der Waals surface area contributed by atoms with Crippen LogP contribution in [0.25, 0.3) is 11.3 Å². The minimum atomic E-state index is -0.514. The van der Waals surface area contributed by atoms with Crippen LogP contribution >= 0.6 is 0 Å². The third-order valence-corrected chi connectivity index (χ3v) is 3.25. The van der Waals surface area contributed by atoms with Gasteiger partial charge in [-0.3, -0.25) is 9.59 Å². The van der Waals surface area contributed by atoms with E-state index in [2.05, 4.69) is 22.4 Å². The van der Waals surface area contributed by atoms with Gasteiger partial charge in [0.1, 0.15) is 0 Å². The van der Waals surface area contributed by atoms with E-state index in [0.717, 1.165) is 5.56 Å². The molecule has 1 heterocycles. The largest absolute Gasteiger partial charge is 0.394 e. The molecule has 0 aliphatic carbocycles. The molecule has 2 aromatic rings. The second kappa shape index (κ2) is 8.64. The van der Waals surface area contributed by atoms with E-state index in [1.54, 1.807) is 6.08 Å². The van der Waals surface area contributed by atoms with Gasteiger partial charge in [-0.15, -0.1) is 6.58 Å². The van der Waals surface area contributed by atoms with Gasteiger partial charge in [0.2, 0.25) is 5.91 Å². The second-order valence-electron chi connectivity index (χ2n) is 5.10. The Balaban J connectivity index is 1.88. The molecule has 126 valence electrons. The molecule has 1 aromatic carbocycles. The van der Waals surface area contributed by atoms with Gasteiger partial charge >= 0.3 is 0 Å². The number of amides is 2. The number of aliphatic hydroxyl groups excluding tert-OH is 1. The monoisotopic (exact) mass is 329 g/mol. The average Bonchev–Trinajstić information content (AvgIpc) is 3.10. The molecule has 7 heteroatoms. The van der Waals surface area contributed by atoms with E-state index in [1.165, 1.54) is 6.07 Å². The molecule has 0 bridgehead atoms. The Labute approximate surface area is 139 Å². The first kappa shape index (κ1) is 17.4. The summed E-state index contributed by atoms with van der Waals surface area (Å²) in [4.78, 5) is 23.7. The topological polar surface area (TPSA) is 104 Å². The number of nitrogens with zero attached hydrogens (tertiary/aromatic N) is 1. The summed E-state index contributed by atoms with van der Waals surface area (Å²) in [6.07, 6.45) is 2.04. The van der Waals surface area contributed by atoms with Crippen LogP contribution in [0.5, 0.6) is 0 Å². The van der Waals surface area contributed by atoms with Crippen LogP contribution in [0.2, 0.25) is 0 Å². The summed E-state index contributed by atoms with van der Waals surface area (Å²) >= 11 is 0. The molecule has 2 amide bonds. The highest BCUT2D eigenvalue weighted by atomic mass is 16.5. The van der Waals surface area contributed by atoms with Crippen molar-refractivity contribution in [2.45, 2.75) is 12.5 Å². The van der Waals surface area contributed by atoms with Gasteiger partial charge in [0.15, 0.2) is 11.5 Å². The van der Waals surface area contributed by atoms with Crippen LogP contribution in [-0.2, 0) is 4.79 Å². The maximum Gasteiger partial charge on any atom is 0.273 e. The summed E-state index contributed by atoms with van der Waals surface area (Å²) in [6, 6.07) is 10.3. The van der Waals surface area contributed by atoms with Gasteiger partial charge in [0.25, 0.3) is 5.91 Å². The summed E-state index contributed by atoms with van der Waals surface area (Å²) < 4.78 is 5.14. The van der Waals surface area contributed by atoms with Gasteiger partial charge in [-0.25, -0.2) is 0 Å². The van der Waals surface area contributed by atoms with Crippen molar-refractivity contribution in [1.82, 2.24) is 15.8 Å². The Kier molecular flexibility index (Phi) is 6.27. The lowest BCUT2D eigenvalue weighted by molar-refractivity contribution is -0.121. The van der Waals surface area contributed by atoms with Gasteiger partial charge in [-0.05, 0) is 6.42 Å². The van der Waals surface area contributed by atoms with Crippen molar-refractivity contribution in [1.29, 1.82) is 0 Å². The summed E-state index contributed by atoms with van der Waals surface area (Å²) in [5, 5.41) is 17.8. The lowest BCUT2D eigenvalue weighted by atomic mass is 10.1. The third-order valence-electron chi connectivity index (χ3n) is 3.25. The first-order valence-electron chi connectivity index (χ1n) is 7.45. The normalized spacial score (nSPS) is 11.5. The van der Waals surface area contributed by atoms with Crippen LogP contribution in [0, 0.1) is 0 Å². The van der Waals surface area contributed by atoms with Gasteiger partial charge in [0, 0.05) is 11.6 Å². The fourth-order valence-corrected chi connectivity index (χ4v) is 2.03. The molecule has 2 rings (SSSR count). The van der Waals surface area contributed by atoms with Gasteiger partial charge in [-0.1, -0.05) is 41.6 Å². The van der Waals surface area contributed by atoms with Crippen molar-refractivity contribution in [3.63, 3.8) is 0 Å². The fraction of sp³-hybridized carbons (Fsp3) is 0.235. The molecule has 24 heavy (non-hydrogen) atoms. The fourth-order valence-electron chi connectivity index (χ4n) is 2.03. The maximum absolute atomic E-state index is 12.0. The molecule has 0 radical (unpaired) electrons. The Morgan fingerprint density at radius 3 is 2.75 bits per heavy atom. The van der Waals surface area contributed by atoms with E-state index >= 15 is 0 Å². The zero-order chi connectivity index (χ0) is 17.4. The van der Waals surface area contributed by atoms with E-state index in [9.17, 15) is 9.59 Å². The molecule has 1 unspecified atom stereocenters. The van der Waals surface area contributed by atoms with Crippen LogP contribution < -0.4 is 10.6 Å². The average molecular weight is 329 g/mol. The van der Waals surface area contributed by atoms with Crippen molar-refractivity contribution in [3.05, 3.63) is 54.7 Å². The maximum atomic E-state index is 12.0. The molecule has 0 fully saturated rings. The molecule has 0 aliphatic heterocycles. The lowest BCUT2D eigenvalue weighted by Crippen LogP contribution is -2.43. The summed E-state index contributed by atoms with van der Waals surface area (Å²) in [5.74, 6) is -0.451. The Morgan fingerprint density at radius 2 is 2.08 bits per heavy atom. The number of benzene rings is 1. The second-order valence-corrected chi connectivity index (χ2v) is 5.10. The molecule has 1 aromatic heterocycles. The first-order chi connectivity index (χ1) is 11.6. The summed E-state index contributed by atoms with van der Waals surface area (Å²) in [5.41, 5.74) is 0.892. The number of hydrogen-bond acceptors (Lipinski definition) is 5. The summed E-state index contributed by atoms with van der Waals surface area (Å²) in [7, 11) is 0. The standard InChI is InChI=1S/C17H19N3O4/c1-2-6-13(11-21)19-16(22)10-18-17(23)14-9-15(24-20-14)12-7-4-3-5-8-12/h2-5,7-9,13,21H,1,6,10-11H2,(H,18,23)(H,19,22). The SMILES string of the molecule is C=CCC(CO)NC(=O)CNC(=O)c1cc(-c2ccccc2)on1. The van der Waals surface area contributed by atoms with Crippen molar-refractivity contribution in [3.8, 4) is 11.3 Å². The highest BCUT2D eigenvalue weighted by molar-refractivity contribution is 5.95. The molecule has 1 atom stereocenters. The molecular weight excluding hydrogens is 310 g/mol. The Bertz CT molecular complexity index is 697. The van der Waals surface area contributed by atoms with Crippen LogP contribution in [0.3, 0.4) is 0 Å². The van der Waals surface area contributed by atoms with Crippen LogP contribution in [-0.4, -0.2) is 41.3 Å². The van der Waals surface area contributed by atoms with Crippen molar-refractivity contribution >= 4 is 11.8 Å². The Morgan fingerprint density at radius 1 is 1.33 bits per heavy atom. The molecule has 0 spiro atoms. The zero-order valence-corrected chi connectivity index (χ0v) is 13.1. The van der Waals surface area contributed by atoms with E-state index in [1.807, 2.05) is 30.3 Å². The minimum Gasteiger partial charge on any atom is -0.394 e. The number of hydrogen-bond donors (Lipinski definition) is 3. The zero-order valence-electron chi connectivity index (χ0n) is 13.1. The van der Waals surface area contributed by atoms with Gasteiger partial charge < -0.3 is 20.3 Å². The quantitative estimate of drug-likeness (QED) is 0.630. The van der Waals surface area contributed by atoms with Crippen molar-refractivity contribution in [2.24, 2.45) is 0 Å². The highest BCUT2D eigenvalue weighted by Gasteiger charge is 2.15. The van der Waals surface area contributed by atoms with Crippen LogP contribution in [0.4, 0.5) is 0 Å². The van der Waals surface area contributed by atoms with Crippen LogP contribution in [0.1, 0.15) is 16.9 Å². The van der Waals surface area contributed by atoms with Gasteiger partial charge in [-0.2, -0.15) is 0 Å². The molecule has 0 aliphatic rings. The Hall–Kier alpha value is -2.93. The number of carbonyl (C=O) groups is 2.